The minimum atomic E-state index is -0.492. The highest BCUT2D eigenvalue weighted by Crippen LogP contribution is 2.17. The minimum absolute atomic E-state index is 0.0296. The van der Waals surface area contributed by atoms with Crippen LogP contribution in [-0.2, 0) is 17.9 Å². The Balaban J connectivity index is 1.40. The highest BCUT2D eigenvalue weighted by molar-refractivity contribution is 5.77. The summed E-state index contributed by atoms with van der Waals surface area (Å²) in [6.07, 6.45) is 0. The average Bonchev–Trinajstić information content (AvgIpc) is 2.76. The third-order valence-electron chi connectivity index (χ3n) is 4.08. The minimum Gasteiger partial charge on any atom is -0.489 e. The molecule has 3 aromatic carbocycles. The van der Waals surface area contributed by atoms with Crippen molar-refractivity contribution in [3.63, 3.8) is 0 Å². The summed E-state index contributed by atoms with van der Waals surface area (Å²) in [6.45, 7) is 0.689. The molecule has 1 N–H and O–H groups in total. The Hall–Kier alpha value is -3.87. The maximum atomic E-state index is 11.9. The quantitative estimate of drug-likeness (QED) is 0.441. The van der Waals surface area contributed by atoms with Gasteiger partial charge >= 0.3 is 0 Å². The fraction of sp³-hybridized carbons (Fsp3) is 0.136. The van der Waals surface area contributed by atoms with Gasteiger partial charge in [-0.15, -0.1) is 0 Å². The molecule has 0 aliphatic heterocycles. The number of nitro benzene ring substituents is 1. The van der Waals surface area contributed by atoms with Gasteiger partial charge in [-0.1, -0.05) is 42.5 Å². The van der Waals surface area contributed by atoms with Crippen molar-refractivity contribution in [2.24, 2.45) is 0 Å². The van der Waals surface area contributed by atoms with Crippen LogP contribution in [0.4, 0.5) is 5.69 Å². The first-order valence-electron chi connectivity index (χ1n) is 9.00. The van der Waals surface area contributed by atoms with E-state index < -0.39 is 4.92 Å². The molecule has 1 amide bonds. The van der Waals surface area contributed by atoms with Gasteiger partial charge in [0.2, 0.25) is 0 Å². The Morgan fingerprint density at radius 1 is 0.828 bits per heavy atom. The van der Waals surface area contributed by atoms with E-state index in [-0.39, 0.29) is 18.2 Å². The zero-order valence-electron chi connectivity index (χ0n) is 15.6. The van der Waals surface area contributed by atoms with Gasteiger partial charge < -0.3 is 14.8 Å². The van der Waals surface area contributed by atoms with E-state index >= 15 is 0 Å². The maximum absolute atomic E-state index is 11.9. The smallest absolute Gasteiger partial charge is 0.269 e. The average molecular weight is 392 g/mol. The zero-order valence-corrected chi connectivity index (χ0v) is 15.6. The van der Waals surface area contributed by atoms with Crippen LogP contribution < -0.4 is 14.8 Å². The van der Waals surface area contributed by atoms with Crippen molar-refractivity contribution >= 4 is 11.6 Å². The van der Waals surface area contributed by atoms with Crippen molar-refractivity contribution in [1.29, 1.82) is 0 Å². The summed E-state index contributed by atoms with van der Waals surface area (Å²) in [5, 5.41) is 13.4. The zero-order chi connectivity index (χ0) is 20.5. The van der Waals surface area contributed by atoms with Crippen LogP contribution in [-0.4, -0.2) is 17.4 Å². The SMILES string of the molecule is O=C(COc1ccc([N+](=O)[O-])cc1)NCc1ccc(OCc2ccccc2)cc1. The topological polar surface area (TPSA) is 90.7 Å². The van der Waals surface area contributed by atoms with Gasteiger partial charge in [0.15, 0.2) is 6.61 Å². The maximum Gasteiger partial charge on any atom is 0.269 e. The molecule has 0 unspecified atom stereocenters. The summed E-state index contributed by atoms with van der Waals surface area (Å²) in [6, 6.07) is 23.0. The molecular weight excluding hydrogens is 372 g/mol. The van der Waals surface area contributed by atoms with E-state index in [1.165, 1.54) is 24.3 Å². The molecule has 29 heavy (non-hydrogen) atoms. The Labute approximate surface area is 168 Å². The Kier molecular flexibility index (Phi) is 6.78. The fourth-order valence-electron chi connectivity index (χ4n) is 2.51. The van der Waals surface area contributed by atoms with Crippen molar-refractivity contribution in [3.05, 3.63) is 100 Å². The number of nitrogens with zero attached hydrogens (tertiary/aromatic N) is 1. The molecule has 7 nitrogen and oxygen atoms in total. The second kappa shape index (κ2) is 9.89. The monoisotopic (exact) mass is 392 g/mol. The number of amides is 1. The van der Waals surface area contributed by atoms with Crippen LogP contribution in [0.25, 0.3) is 0 Å². The predicted octanol–water partition coefficient (Wildman–Crippen LogP) is 3.87. The van der Waals surface area contributed by atoms with Gasteiger partial charge in [-0.05, 0) is 35.4 Å². The summed E-state index contributed by atoms with van der Waals surface area (Å²) < 4.78 is 11.1. The number of carbonyl (C=O) groups excluding carboxylic acids is 1. The molecular formula is C22H20N2O5. The first kappa shape index (κ1) is 19.9. The van der Waals surface area contributed by atoms with E-state index in [1.807, 2.05) is 54.6 Å². The Bertz CT molecular complexity index is 941. The summed E-state index contributed by atoms with van der Waals surface area (Å²) >= 11 is 0. The first-order valence-corrected chi connectivity index (χ1v) is 9.00. The van der Waals surface area contributed by atoms with Crippen molar-refractivity contribution in [2.75, 3.05) is 6.61 Å². The van der Waals surface area contributed by atoms with Gasteiger partial charge in [0.25, 0.3) is 11.6 Å². The number of nitrogens with one attached hydrogen (secondary N) is 1. The number of non-ortho nitro benzene ring substituents is 1. The van der Waals surface area contributed by atoms with Crippen LogP contribution in [0.1, 0.15) is 11.1 Å². The molecule has 0 saturated heterocycles. The molecule has 0 aliphatic carbocycles. The van der Waals surface area contributed by atoms with Crippen LogP contribution >= 0.6 is 0 Å². The lowest BCUT2D eigenvalue weighted by Gasteiger charge is -2.09. The summed E-state index contributed by atoms with van der Waals surface area (Å²) in [5.74, 6) is 0.865. The van der Waals surface area contributed by atoms with Crippen molar-refractivity contribution in [3.8, 4) is 11.5 Å². The van der Waals surface area contributed by atoms with Crippen molar-refractivity contribution in [2.45, 2.75) is 13.2 Å². The molecule has 0 fully saturated rings. The highest BCUT2D eigenvalue weighted by Gasteiger charge is 2.07. The highest BCUT2D eigenvalue weighted by atomic mass is 16.6. The number of hydrogen-bond donors (Lipinski definition) is 1. The standard InChI is InChI=1S/C22H20N2O5/c25-22(16-29-21-12-8-19(9-13-21)24(26)27)23-14-17-6-10-20(11-7-17)28-15-18-4-2-1-3-5-18/h1-13H,14-16H2,(H,23,25). The van der Waals surface area contributed by atoms with Crippen LogP contribution in [0, 0.1) is 10.1 Å². The molecule has 3 aromatic rings. The normalized spacial score (nSPS) is 10.2. The van der Waals surface area contributed by atoms with Gasteiger partial charge in [-0.2, -0.15) is 0 Å². The summed E-state index contributed by atoms with van der Waals surface area (Å²) in [7, 11) is 0. The van der Waals surface area contributed by atoms with Crippen LogP contribution in [0.15, 0.2) is 78.9 Å². The molecule has 0 aliphatic rings. The molecule has 0 saturated carbocycles. The molecule has 3 rings (SSSR count). The van der Waals surface area contributed by atoms with Crippen LogP contribution in [0.5, 0.6) is 11.5 Å². The van der Waals surface area contributed by atoms with E-state index in [0.29, 0.717) is 18.9 Å². The Morgan fingerprint density at radius 2 is 1.45 bits per heavy atom. The van der Waals surface area contributed by atoms with Crippen molar-refractivity contribution in [1.82, 2.24) is 5.32 Å². The van der Waals surface area contributed by atoms with E-state index in [1.54, 1.807) is 0 Å². The lowest BCUT2D eigenvalue weighted by Crippen LogP contribution is -2.28. The third-order valence-corrected chi connectivity index (χ3v) is 4.08. The second-order valence-corrected chi connectivity index (χ2v) is 6.23. The largest absolute Gasteiger partial charge is 0.489 e. The second-order valence-electron chi connectivity index (χ2n) is 6.23. The number of carbonyl (C=O) groups is 1. The van der Waals surface area contributed by atoms with Gasteiger partial charge in [0.05, 0.1) is 4.92 Å². The van der Waals surface area contributed by atoms with E-state index in [9.17, 15) is 14.9 Å². The van der Waals surface area contributed by atoms with Gasteiger partial charge in [-0.25, -0.2) is 0 Å². The molecule has 7 heteroatoms. The molecule has 0 heterocycles. The summed E-state index contributed by atoms with van der Waals surface area (Å²) in [5.41, 5.74) is 2.00. The Morgan fingerprint density at radius 3 is 2.10 bits per heavy atom. The lowest BCUT2D eigenvalue weighted by molar-refractivity contribution is -0.384. The summed E-state index contributed by atoms with van der Waals surface area (Å²) in [4.78, 5) is 22.0. The molecule has 0 aromatic heterocycles. The molecule has 0 atom stereocenters. The van der Waals surface area contributed by atoms with E-state index in [0.717, 1.165) is 16.9 Å². The molecule has 148 valence electrons. The predicted molar refractivity (Wildman–Crippen MR) is 108 cm³/mol. The molecule has 0 radical (unpaired) electrons. The first-order chi connectivity index (χ1) is 14.1. The van der Waals surface area contributed by atoms with Crippen LogP contribution in [0.2, 0.25) is 0 Å². The van der Waals surface area contributed by atoms with Gasteiger partial charge in [0, 0.05) is 18.7 Å². The van der Waals surface area contributed by atoms with E-state index in [4.69, 9.17) is 9.47 Å². The number of benzene rings is 3. The van der Waals surface area contributed by atoms with Gasteiger partial charge in [-0.3, -0.25) is 14.9 Å². The molecule has 0 spiro atoms. The third kappa shape index (κ3) is 6.35. The number of ether oxygens (including phenoxy) is 2. The molecule has 0 bridgehead atoms. The number of nitro groups is 1. The van der Waals surface area contributed by atoms with Crippen molar-refractivity contribution < 1.29 is 19.2 Å². The number of hydrogen-bond acceptors (Lipinski definition) is 5. The fourth-order valence-corrected chi connectivity index (χ4v) is 2.51. The van der Waals surface area contributed by atoms with Crippen LogP contribution in [0.3, 0.4) is 0 Å². The number of rotatable bonds is 9. The van der Waals surface area contributed by atoms with Gasteiger partial charge in [0.1, 0.15) is 18.1 Å². The lowest BCUT2D eigenvalue weighted by atomic mass is 10.2. The van der Waals surface area contributed by atoms with E-state index in [2.05, 4.69) is 5.32 Å².